The summed E-state index contributed by atoms with van der Waals surface area (Å²) >= 11 is 0. The van der Waals surface area contributed by atoms with Crippen LogP contribution in [-0.2, 0) is 19.7 Å². The van der Waals surface area contributed by atoms with Crippen molar-refractivity contribution in [2.75, 3.05) is 16.8 Å². The molecule has 0 aromatic heterocycles. The average molecular weight is 438 g/mol. The zero-order chi connectivity index (χ0) is 21.2. The first-order chi connectivity index (χ1) is 13.6. The van der Waals surface area contributed by atoms with Gasteiger partial charge in [-0.3, -0.25) is 4.79 Å². The van der Waals surface area contributed by atoms with Crippen molar-refractivity contribution in [3.05, 3.63) is 54.1 Å². The van der Waals surface area contributed by atoms with Crippen LogP contribution in [0.3, 0.4) is 0 Å². The number of hydrogen-bond acceptors (Lipinski definition) is 6. The normalized spacial score (nSPS) is 18.5. The Kier molecular flexibility index (Phi) is 6.00. The van der Waals surface area contributed by atoms with Crippen molar-refractivity contribution >= 4 is 31.3 Å². The molecule has 1 aliphatic rings. The lowest BCUT2D eigenvalue weighted by molar-refractivity contribution is 0.102. The summed E-state index contributed by atoms with van der Waals surface area (Å²) in [6, 6.07) is 12.5. The molecule has 1 atom stereocenters. The monoisotopic (exact) mass is 437 g/mol. The van der Waals surface area contributed by atoms with Crippen LogP contribution >= 0.6 is 0 Å². The van der Waals surface area contributed by atoms with E-state index in [0.29, 0.717) is 17.0 Å². The zero-order valence-electron chi connectivity index (χ0n) is 16.2. The minimum Gasteiger partial charge on any atom is -0.491 e. The maximum absolute atomic E-state index is 12.6. The molecular weight excluding hydrogens is 414 g/mol. The fourth-order valence-corrected chi connectivity index (χ4v) is 7.45. The highest BCUT2D eigenvalue weighted by molar-refractivity contribution is 7.96. The molecule has 0 aliphatic carbocycles. The summed E-state index contributed by atoms with van der Waals surface area (Å²) in [5.41, 5.74) is 0.879. The van der Waals surface area contributed by atoms with E-state index in [1.54, 1.807) is 24.3 Å². The lowest BCUT2D eigenvalue weighted by Gasteiger charge is -2.12. The molecule has 0 spiro atoms. The highest BCUT2D eigenvalue weighted by atomic mass is 32.2. The van der Waals surface area contributed by atoms with Crippen LogP contribution in [0.4, 0.5) is 5.69 Å². The number of benzene rings is 2. The Hall–Kier alpha value is -2.39. The molecule has 0 radical (unpaired) electrons. The Labute approximate surface area is 170 Å². The van der Waals surface area contributed by atoms with E-state index in [0.717, 1.165) is 0 Å². The van der Waals surface area contributed by atoms with Crippen molar-refractivity contribution in [2.45, 2.75) is 36.5 Å². The van der Waals surface area contributed by atoms with E-state index in [1.165, 1.54) is 24.3 Å². The molecule has 9 heteroatoms. The van der Waals surface area contributed by atoms with Crippen LogP contribution < -0.4 is 10.1 Å². The Morgan fingerprint density at radius 2 is 1.69 bits per heavy atom. The third-order valence-corrected chi connectivity index (χ3v) is 8.75. The molecule has 1 N–H and O–H groups in total. The number of rotatable bonds is 6. The van der Waals surface area contributed by atoms with Gasteiger partial charge in [0.25, 0.3) is 5.91 Å². The molecule has 1 amide bonds. The smallest absolute Gasteiger partial charge is 0.255 e. The van der Waals surface area contributed by atoms with E-state index in [4.69, 9.17) is 4.74 Å². The van der Waals surface area contributed by atoms with Gasteiger partial charge in [-0.05, 0) is 68.8 Å². The number of nitrogens with one attached hydrogen (secondary N) is 1. The van der Waals surface area contributed by atoms with Crippen molar-refractivity contribution in [3.8, 4) is 5.75 Å². The molecule has 1 saturated heterocycles. The van der Waals surface area contributed by atoms with Gasteiger partial charge in [0.1, 0.15) is 5.75 Å². The Balaban J connectivity index is 1.69. The molecule has 156 valence electrons. The van der Waals surface area contributed by atoms with E-state index < -0.39 is 24.9 Å². The Morgan fingerprint density at radius 3 is 2.21 bits per heavy atom. The molecule has 7 nitrogen and oxygen atoms in total. The second-order valence-corrected chi connectivity index (χ2v) is 11.7. The van der Waals surface area contributed by atoms with Crippen LogP contribution in [0, 0.1) is 0 Å². The zero-order valence-corrected chi connectivity index (χ0v) is 17.8. The molecule has 2 aromatic carbocycles. The molecule has 29 heavy (non-hydrogen) atoms. The standard InChI is InChI=1S/C20H23NO6S2/c1-14(2)27-17-7-5-16(6-8-17)21-20(22)15-3-9-18(10-4-15)29(25,26)19-11-12-28(23,24)13-19/h3-10,14,19H,11-13H2,1-2H3,(H,21,22)/t19-/m1/s1. The Bertz CT molecular complexity index is 1090. The third-order valence-electron chi connectivity index (χ3n) is 4.56. The van der Waals surface area contributed by atoms with Crippen LogP contribution in [0.15, 0.2) is 53.4 Å². The lowest BCUT2D eigenvalue weighted by atomic mass is 10.2. The molecule has 0 bridgehead atoms. The molecular formula is C20H23NO6S2. The maximum Gasteiger partial charge on any atom is 0.255 e. The van der Waals surface area contributed by atoms with Crippen LogP contribution in [-0.4, -0.2) is 45.6 Å². The minimum atomic E-state index is -3.75. The number of carbonyl (C=O) groups excluding carboxylic acids is 1. The molecule has 3 rings (SSSR count). The van der Waals surface area contributed by atoms with Crippen LogP contribution in [0.25, 0.3) is 0 Å². The largest absolute Gasteiger partial charge is 0.491 e. The first-order valence-electron chi connectivity index (χ1n) is 9.19. The number of amides is 1. The summed E-state index contributed by atoms with van der Waals surface area (Å²) in [6.45, 7) is 3.84. The SMILES string of the molecule is CC(C)Oc1ccc(NC(=O)c2ccc(S(=O)(=O)[C@@H]3CCS(=O)(=O)C3)cc2)cc1. The predicted octanol–water partition coefficient (Wildman–Crippen LogP) is 2.69. The van der Waals surface area contributed by atoms with Crippen molar-refractivity contribution in [2.24, 2.45) is 0 Å². The number of sulfone groups is 2. The maximum atomic E-state index is 12.6. The number of anilines is 1. The summed E-state index contributed by atoms with van der Waals surface area (Å²) in [5, 5.41) is 1.81. The number of ether oxygens (including phenoxy) is 1. The third kappa shape index (κ3) is 5.16. The van der Waals surface area contributed by atoms with E-state index >= 15 is 0 Å². The minimum absolute atomic E-state index is 0.0198. The molecule has 0 unspecified atom stereocenters. The van der Waals surface area contributed by atoms with Crippen molar-refractivity contribution in [3.63, 3.8) is 0 Å². The predicted molar refractivity (Wildman–Crippen MR) is 111 cm³/mol. The van der Waals surface area contributed by atoms with Gasteiger partial charge in [0.05, 0.1) is 27.8 Å². The van der Waals surface area contributed by atoms with Gasteiger partial charge in [-0.15, -0.1) is 0 Å². The summed E-state index contributed by atoms with van der Waals surface area (Å²) in [4.78, 5) is 12.4. The molecule has 1 fully saturated rings. The Morgan fingerprint density at radius 1 is 1.07 bits per heavy atom. The van der Waals surface area contributed by atoms with Gasteiger partial charge in [0.15, 0.2) is 19.7 Å². The van der Waals surface area contributed by atoms with Crippen molar-refractivity contribution in [1.82, 2.24) is 0 Å². The first kappa shape index (κ1) is 21.3. The van der Waals surface area contributed by atoms with Crippen molar-refractivity contribution in [1.29, 1.82) is 0 Å². The summed E-state index contributed by atoms with van der Waals surface area (Å²) in [7, 11) is -7.06. The van der Waals surface area contributed by atoms with Gasteiger partial charge in [-0.25, -0.2) is 16.8 Å². The quantitative estimate of drug-likeness (QED) is 0.745. The second-order valence-electron chi connectivity index (χ2n) is 7.24. The second kappa shape index (κ2) is 8.16. The highest BCUT2D eigenvalue weighted by Gasteiger charge is 2.37. The fourth-order valence-electron chi connectivity index (χ4n) is 3.09. The fraction of sp³-hybridized carbons (Fsp3) is 0.350. The van der Waals surface area contributed by atoms with E-state index in [2.05, 4.69) is 5.32 Å². The molecule has 2 aromatic rings. The summed E-state index contributed by atoms with van der Waals surface area (Å²) in [6.07, 6.45) is 0.151. The van der Waals surface area contributed by atoms with Gasteiger partial charge < -0.3 is 10.1 Å². The van der Waals surface area contributed by atoms with Crippen LogP contribution in [0.5, 0.6) is 5.75 Å². The van der Waals surface area contributed by atoms with E-state index in [9.17, 15) is 21.6 Å². The van der Waals surface area contributed by atoms with Gasteiger partial charge in [-0.1, -0.05) is 0 Å². The molecule has 0 saturated carbocycles. The van der Waals surface area contributed by atoms with Crippen LogP contribution in [0.1, 0.15) is 30.6 Å². The average Bonchev–Trinajstić information content (AvgIpc) is 3.03. The van der Waals surface area contributed by atoms with Crippen LogP contribution in [0.2, 0.25) is 0 Å². The molecule has 1 aliphatic heterocycles. The summed E-state index contributed by atoms with van der Waals surface area (Å²) < 4.78 is 54.0. The van der Waals surface area contributed by atoms with Gasteiger partial charge >= 0.3 is 0 Å². The van der Waals surface area contributed by atoms with E-state index in [1.807, 2.05) is 13.8 Å². The van der Waals surface area contributed by atoms with Gasteiger partial charge in [-0.2, -0.15) is 0 Å². The number of carbonyl (C=O) groups is 1. The highest BCUT2D eigenvalue weighted by Crippen LogP contribution is 2.26. The first-order valence-corrected chi connectivity index (χ1v) is 12.6. The summed E-state index contributed by atoms with van der Waals surface area (Å²) in [5.74, 6) is -0.150. The van der Waals surface area contributed by atoms with Crippen molar-refractivity contribution < 1.29 is 26.4 Å². The topological polar surface area (TPSA) is 107 Å². The van der Waals surface area contributed by atoms with Gasteiger partial charge in [0.2, 0.25) is 0 Å². The molecule has 1 heterocycles. The van der Waals surface area contributed by atoms with Gasteiger partial charge in [0, 0.05) is 11.3 Å². The number of hydrogen-bond donors (Lipinski definition) is 1. The lowest BCUT2D eigenvalue weighted by Crippen LogP contribution is -2.22. The van der Waals surface area contributed by atoms with E-state index in [-0.39, 0.29) is 34.8 Å².